The average Bonchev–Trinajstić information content (AvgIpc) is 2.61. The number of methoxy groups -OCH3 is 1. The number of aldehydes is 1. The molecule has 0 saturated carbocycles. The van der Waals surface area contributed by atoms with Gasteiger partial charge in [0.15, 0.2) is 0 Å². The van der Waals surface area contributed by atoms with E-state index in [0.29, 0.717) is 19.6 Å². The lowest BCUT2D eigenvalue weighted by atomic mass is 10.2. The normalized spacial score (nSPS) is 21.9. The van der Waals surface area contributed by atoms with Crippen molar-refractivity contribution in [3.05, 3.63) is 0 Å². The predicted molar refractivity (Wildman–Crippen MR) is 47.3 cm³/mol. The third kappa shape index (κ3) is 2.52. The van der Waals surface area contributed by atoms with E-state index in [1.165, 1.54) is 0 Å². The minimum Gasteiger partial charge on any atom is -0.384 e. The summed E-state index contributed by atoms with van der Waals surface area (Å²) in [5, 5.41) is 0. The van der Waals surface area contributed by atoms with Crippen molar-refractivity contribution in [1.82, 2.24) is 4.90 Å². The van der Waals surface area contributed by atoms with Gasteiger partial charge in [-0.25, -0.2) is 0 Å². The molecular weight excluding hydrogens is 170 g/mol. The molecule has 1 aliphatic rings. The molecule has 0 spiro atoms. The van der Waals surface area contributed by atoms with Crippen LogP contribution in [0.15, 0.2) is 0 Å². The van der Waals surface area contributed by atoms with Gasteiger partial charge in [-0.1, -0.05) is 0 Å². The number of likely N-dealkylation sites (tertiary alicyclic amines) is 1. The molecule has 74 valence electrons. The summed E-state index contributed by atoms with van der Waals surface area (Å²) in [5.41, 5.74) is 0. The van der Waals surface area contributed by atoms with E-state index in [9.17, 15) is 9.59 Å². The van der Waals surface area contributed by atoms with E-state index in [4.69, 9.17) is 4.74 Å². The molecule has 0 N–H and O–H groups in total. The second-order valence-electron chi connectivity index (χ2n) is 3.18. The fourth-order valence-electron chi connectivity index (χ4n) is 1.58. The zero-order valence-electron chi connectivity index (χ0n) is 7.86. The maximum Gasteiger partial charge on any atom is 0.225 e. The molecule has 0 aromatic carbocycles. The fraction of sp³-hybridized carbons (Fsp3) is 0.778. The maximum absolute atomic E-state index is 11.5. The molecule has 0 aliphatic carbocycles. The average molecular weight is 185 g/mol. The molecule has 0 radical (unpaired) electrons. The Hall–Kier alpha value is -0.900. The molecule has 1 fully saturated rings. The van der Waals surface area contributed by atoms with Gasteiger partial charge in [-0.05, 0) is 12.8 Å². The van der Waals surface area contributed by atoms with Crippen molar-refractivity contribution >= 4 is 12.2 Å². The lowest BCUT2D eigenvalue weighted by molar-refractivity contribution is -0.135. The Kier molecular flexibility index (Phi) is 3.89. The molecule has 0 aromatic rings. The minimum absolute atomic E-state index is 0.0245. The van der Waals surface area contributed by atoms with Gasteiger partial charge in [0.1, 0.15) is 6.29 Å². The number of carbonyl (C=O) groups is 2. The minimum atomic E-state index is -0.190. The van der Waals surface area contributed by atoms with Gasteiger partial charge in [-0.15, -0.1) is 0 Å². The van der Waals surface area contributed by atoms with E-state index in [0.717, 1.165) is 19.1 Å². The standard InChI is InChI=1S/C9H15NO3/c1-13-6-4-9(12)10-5-2-3-8(10)7-11/h7-8H,2-6H2,1H3. The van der Waals surface area contributed by atoms with Crippen molar-refractivity contribution in [1.29, 1.82) is 0 Å². The molecule has 1 heterocycles. The highest BCUT2D eigenvalue weighted by Crippen LogP contribution is 2.16. The maximum atomic E-state index is 11.5. The van der Waals surface area contributed by atoms with E-state index >= 15 is 0 Å². The first-order valence-corrected chi connectivity index (χ1v) is 4.53. The van der Waals surface area contributed by atoms with E-state index in [1.807, 2.05) is 0 Å². The Morgan fingerprint density at radius 2 is 2.46 bits per heavy atom. The number of hydrogen-bond acceptors (Lipinski definition) is 3. The van der Waals surface area contributed by atoms with Crippen molar-refractivity contribution < 1.29 is 14.3 Å². The molecule has 0 bridgehead atoms. The molecule has 1 rings (SSSR count). The highest BCUT2D eigenvalue weighted by Gasteiger charge is 2.27. The highest BCUT2D eigenvalue weighted by atomic mass is 16.5. The summed E-state index contributed by atoms with van der Waals surface area (Å²) < 4.78 is 4.81. The van der Waals surface area contributed by atoms with Gasteiger partial charge in [0.25, 0.3) is 0 Å². The van der Waals surface area contributed by atoms with E-state index in [-0.39, 0.29) is 11.9 Å². The first-order chi connectivity index (χ1) is 6.29. The van der Waals surface area contributed by atoms with Crippen molar-refractivity contribution in [2.75, 3.05) is 20.3 Å². The number of ether oxygens (including phenoxy) is 1. The van der Waals surface area contributed by atoms with Gasteiger partial charge in [-0.3, -0.25) is 4.79 Å². The van der Waals surface area contributed by atoms with Gasteiger partial charge in [0.05, 0.1) is 19.1 Å². The number of amides is 1. The zero-order chi connectivity index (χ0) is 9.68. The van der Waals surface area contributed by atoms with Crippen molar-refractivity contribution in [2.24, 2.45) is 0 Å². The lowest BCUT2D eigenvalue weighted by Gasteiger charge is -2.19. The molecule has 4 nitrogen and oxygen atoms in total. The van der Waals surface area contributed by atoms with Crippen LogP contribution < -0.4 is 0 Å². The SMILES string of the molecule is COCCC(=O)N1CCCC1C=O. The van der Waals surface area contributed by atoms with Gasteiger partial charge in [0, 0.05) is 13.7 Å². The van der Waals surface area contributed by atoms with E-state index < -0.39 is 0 Å². The number of nitrogens with zero attached hydrogens (tertiary/aromatic N) is 1. The fourth-order valence-corrected chi connectivity index (χ4v) is 1.58. The Bertz CT molecular complexity index is 193. The largest absolute Gasteiger partial charge is 0.384 e. The summed E-state index contributed by atoms with van der Waals surface area (Å²) in [6, 6.07) is -0.190. The summed E-state index contributed by atoms with van der Waals surface area (Å²) >= 11 is 0. The van der Waals surface area contributed by atoms with Crippen LogP contribution in [-0.4, -0.2) is 43.4 Å². The van der Waals surface area contributed by atoms with Crippen LogP contribution in [0.3, 0.4) is 0 Å². The van der Waals surface area contributed by atoms with Gasteiger partial charge in [0.2, 0.25) is 5.91 Å². The molecule has 13 heavy (non-hydrogen) atoms. The van der Waals surface area contributed by atoms with Crippen LogP contribution in [0.25, 0.3) is 0 Å². The molecule has 0 aromatic heterocycles. The smallest absolute Gasteiger partial charge is 0.225 e. The summed E-state index contributed by atoms with van der Waals surface area (Å²) in [7, 11) is 1.56. The summed E-state index contributed by atoms with van der Waals surface area (Å²) in [6.07, 6.45) is 2.98. The second kappa shape index (κ2) is 4.97. The van der Waals surface area contributed by atoms with E-state index in [2.05, 4.69) is 0 Å². The number of hydrogen-bond donors (Lipinski definition) is 0. The number of rotatable bonds is 4. The summed E-state index contributed by atoms with van der Waals surface area (Å²) in [4.78, 5) is 23.7. The molecule has 1 saturated heterocycles. The van der Waals surface area contributed by atoms with Crippen LogP contribution in [0.2, 0.25) is 0 Å². The van der Waals surface area contributed by atoms with Crippen LogP contribution in [0.5, 0.6) is 0 Å². The Balaban J connectivity index is 2.40. The second-order valence-corrected chi connectivity index (χ2v) is 3.18. The quantitative estimate of drug-likeness (QED) is 0.588. The zero-order valence-corrected chi connectivity index (χ0v) is 7.86. The van der Waals surface area contributed by atoms with Crippen LogP contribution >= 0.6 is 0 Å². The first-order valence-electron chi connectivity index (χ1n) is 4.53. The van der Waals surface area contributed by atoms with Crippen molar-refractivity contribution in [3.63, 3.8) is 0 Å². The molecule has 1 unspecified atom stereocenters. The molecule has 4 heteroatoms. The van der Waals surface area contributed by atoms with Crippen LogP contribution in [-0.2, 0) is 14.3 Å². The number of carbonyl (C=O) groups excluding carboxylic acids is 2. The molecule has 1 amide bonds. The van der Waals surface area contributed by atoms with Gasteiger partial charge in [-0.2, -0.15) is 0 Å². The highest BCUT2D eigenvalue weighted by molar-refractivity contribution is 5.80. The van der Waals surface area contributed by atoms with Crippen LogP contribution in [0.4, 0.5) is 0 Å². The van der Waals surface area contributed by atoms with Gasteiger partial charge >= 0.3 is 0 Å². The summed E-state index contributed by atoms with van der Waals surface area (Å²) in [6.45, 7) is 1.15. The first kappa shape index (κ1) is 10.2. The third-order valence-electron chi connectivity index (χ3n) is 2.30. The Labute approximate surface area is 77.8 Å². The topological polar surface area (TPSA) is 46.6 Å². The molecular formula is C9H15NO3. The van der Waals surface area contributed by atoms with Crippen molar-refractivity contribution in [2.45, 2.75) is 25.3 Å². The van der Waals surface area contributed by atoms with E-state index in [1.54, 1.807) is 12.0 Å². The monoisotopic (exact) mass is 185 g/mol. The van der Waals surface area contributed by atoms with Crippen molar-refractivity contribution in [3.8, 4) is 0 Å². The van der Waals surface area contributed by atoms with Gasteiger partial charge < -0.3 is 14.4 Å². The lowest BCUT2D eigenvalue weighted by Crippen LogP contribution is -2.36. The third-order valence-corrected chi connectivity index (χ3v) is 2.30. The Morgan fingerprint density at radius 1 is 1.69 bits per heavy atom. The molecule has 1 atom stereocenters. The summed E-state index contributed by atoms with van der Waals surface area (Å²) in [5.74, 6) is 0.0245. The van der Waals surface area contributed by atoms with Crippen LogP contribution in [0.1, 0.15) is 19.3 Å². The van der Waals surface area contributed by atoms with Crippen LogP contribution in [0, 0.1) is 0 Å². The predicted octanol–water partition coefficient (Wildman–Crippen LogP) is 0.213. The Morgan fingerprint density at radius 3 is 3.08 bits per heavy atom. The molecule has 1 aliphatic heterocycles.